The minimum Gasteiger partial charge on any atom is -0.338 e. The van der Waals surface area contributed by atoms with Gasteiger partial charge in [-0.15, -0.1) is 11.3 Å². The van der Waals surface area contributed by atoms with Crippen LogP contribution in [0.2, 0.25) is 0 Å². The van der Waals surface area contributed by atoms with Gasteiger partial charge in [0.1, 0.15) is 5.56 Å². The molecule has 2 aromatic rings. The van der Waals surface area contributed by atoms with Crippen LogP contribution in [-0.2, 0) is 12.8 Å². The summed E-state index contributed by atoms with van der Waals surface area (Å²) >= 11 is 1.58. The first-order valence-corrected chi connectivity index (χ1v) is 7.89. The van der Waals surface area contributed by atoms with Crippen LogP contribution in [0.1, 0.15) is 40.2 Å². The highest BCUT2D eigenvalue weighted by Crippen LogP contribution is 2.29. The highest BCUT2D eigenvalue weighted by Gasteiger charge is 2.26. The molecule has 0 N–H and O–H groups in total. The van der Waals surface area contributed by atoms with Gasteiger partial charge in [0.25, 0.3) is 11.5 Å². The number of rotatable bonds is 1. The van der Waals surface area contributed by atoms with Gasteiger partial charge in [0, 0.05) is 29.9 Å². The van der Waals surface area contributed by atoms with Crippen LogP contribution in [0.15, 0.2) is 11.0 Å². The summed E-state index contributed by atoms with van der Waals surface area (Å²) < 4.78 is 1.66. The number of amides is 1. The minimum absolute atomic E-state index is 0.160. The van der Waals surface area contributed by atoms with Crippen LogP contribution in [-0.4, -0.2) is 33.3 Å². The molecule has 1 aliphatic carbocycles. The molecule has 0 unspecified atom stereocenters. The average Bonchev–Trinajstić information content (AvgIpc) is 3.14. The fraction of sp³-hybridized carbons (Fsp3) is 0.500. The normalized spacial score (nSPS) is 17.9. The van der Waals surface area contributed by atoms with E-state index >= 15 is 0 Å². The standard InChI is InChI=1S/C14H15N3O2S/c18-12(16-6-1-2-7-16)9-8-15-14-17(13(9)19)10-4-3-5-11(10)20-14/h8H,1-7H2. The fourth-order valence-electron chi connectivity index (χ4n) is 3.14. The van der Waals surface area contributed by atoms with Crippen molar-refractivity contribution in [3.8, 4) is 0 Å². The van der Waals surface area contributed by atoms with E-state index in [-0.39, 0.29) is 17.0 Å². The van der Waals surface area contributed by atoms with Crippen molar-refractivity contribution in [1.82, 2.24) is 14.3 Å². The second-order valence-electron chi connectivity index (χ2n) is 5.42. The SMILES string of the molecule is O=C(c1cnc2sc3c(n2c1=O)CCC3)N1CCCC1. The van der Waals surface area contributed by atoms with Gasteiger partial charge in [0.2, 0.25) is 0 Å². The molecule has 3 heterocycles. The topological polar surface area (TPSA) is 54.7 Å². The maximum atomic E-state index is 12.6. The molecule has 0 saturated carbocycles. The molecule has 1 fully saturated rings. The van der Waals surface area contributed by atoms with Crippen LogP contribution < -0.4 is 5.56 Å². The molecule has 20 heavy (non-hydrogen) atoms. The Morgan fingerprint density at radius 3 is 2.80 bits per heavy atom. The first-order valence-electron chi connectivity index (χ1n) is 7.07. The van der Waals surface area contributed by atoms with E-state index in [2.05, 4.69) is 4.98 Å². The van der Waals surface area contributed by atoms with E-state index < -0.39 is 0 Å². The number of hydrogen-bond donors (Lipinski definition) is 0. The van der Waals surface area contributed by atoms with Gasteiger partial charge in [-0.1, -0.05) is 0 Å². The lowest BCUT2D eigenvalue weighted by atomic mass is 10.3. The van der Waals surface area contributed by atoms with E-state index in [9.17, 15) is 9.59 Å². The average molecular weight is 289 g/mol. The third kappa shape index (κ3) is 1.64. The monoisotopic (exact) mass is 289 g/mol. The van der Waals surface area contributed by atoms with Crippen LogP contribution in [0.4, 0.5) is 0 Å². The number of aryl methyl sites for hydroxylation is 2. The van der Waals surface area contributed by atoms with Gasteiger partial charge in [0.05, 0.1) is 0 Å². The van der Waals surface area contributed by atoms with Crippen LogP contribution in [0.3, 0.4) is 0 Å². The fourth-order valence-corrected chi connectivity index (χ4v) is 4.31. The first kappa shape index (κ1) is 12.1. The van der Waals surface area contributed by atoms with Crippen molar-refractivity contribution in [2.45, 2.75) is 32.1 Å². The highest BCUT2D eigenvalue weighted by atomic mass is 32.1. The second kappa shape index (κ2) is 4.41. The summed E-state index contributed by atoms with van der Waals surface area (Å²) in [6.45, 7) is 1.51. The van der Waals surface area contributed by atoms with Crippen molar-refractivity contribution in [1.29, 1.82) is 0 Å². The van der Waals surface area contributed by atoms with Crippen LogP contribution in [0, 0.1) is 0 Å². The highest BCUT2D eigenvalue weighted by molar-refractivity contribution is 7.17. The van der Waals surface area contributed by atoms with E-state index in [0.29, 0.717) is 0 Å². The molecular formula is C14H15N3O2S. The summed E-state index contributed by atoms with van der Waals surface area (Å²) in [5.41, 5.74) is 1.10. The first-order chi connectivity index (χ1) is 9.75. The third-order valence-corrected chi connectivity index (χ3v) is 5.33. The Balaban J connectivity index is 1.86. The zero-order valence-corrected chi connectivity index (χ0v) is 11.9. The molecule has 1 aliphatic heterocycles. The molecule has 0 aromatic carbocycles. The lowest BCUT2D eigenvalue weighted by Crippen LogP contribution is -2.34. The van der Waals surface area contributed by atoms with Crippen molar-refractivity contribution in [2.24, 2.45) is 0 Å². The Kier molecular flexibility index (Phi) is 2.66. The van der Waals surface area contributed by atoms with Crippen LogP contribution >= 0.6 is 11.3 Å². The largest absolute Gasteiger partial charge is 0.338 e. The number of aromatic nitrogens is 2. The lowest BCUT2D eigenvalue weighted by Gasteiger charge is -2.14. The number of likely N-dealkylation sites (tertiary alicyclic amines) is 1. The predicted molar refractivity (Wildman–Crippen MR) is 76.5 cm³/mol. The summed E-state index contributed by atoms with van der Waals surface area (Å²) in [6, 6.07) is 0. The van der Waals surface area contributed by atoms with Gasteiger partial charge >= 0.3 is 0 Å². The van der Waals surface area contributed by atoms with Gasteiger partial charge in [-0.2, -0.15) is 0 Å². The van der Waals surface area contributed by atoms with E-state index in [4.69, 9.17) is 0 Å². The number of hydrogen-bond acceptors (Lipinski definition) is 4. The molecule has 1 saturated heterocycles. The number of thiazole rings is 1. The molecule has 6 heteroatoms. The lowest BCUT2D eigenvalue weighted by molar-refractivity contribution is 0.0790. The molecule has 0 bridgehead atoms. The molecule has 5 nitrogen and oxygen atoms in total. The summed E-state index contributed by atoms with van der Waals surface area (Å²) in [7, 11) is 0. The molecule has 0 spiro atoms. The quantitative estimate of drug-likeness (QED) is 0.799. The minimum atomic E-state index is -0.189. The molecule has 0 atom stereocenters. The Hall–Kier alpha value is -1.69. The molecular weight excluding hydrogens is 274 g/mol. The van der Waals surface area contributed by atoms with Crippen LogP contribution in [0.5, 0.6) is 0 Å². The number of nitrogens with zero attached hydrogens (tertiary/aromatic N) is 3. The molecule has 2 aromatic heterocycles. The maximum Gasteiger partial charge on any atom is 0.271 e. The third-order valence-electron chi connectivity index (χ3n) is 4.18. The molecule has 4 rings (SSSR count). The Bertz CT molecular complexity index is 756. The van der Waals surface area contributed by atoms with E-state index in [1.54, 1.807) is 20.6 Å². The molecule has 104 valence electrons. The van der Waals surface area contributed by atoms with Crippen LogP contribution in [0.25, 0.3) is 4.96 Å². The molecule has 2 aliphatic rings. The zero-order chi connectivity index (χ0) is 13.7. The van der Waals surface area contributed by atoms with Crippen molar-refractivity contribution < 1.29 is 4.79 Å². The van der Waals surface area contributed by atoms with E-state index in [1.807, 2.05) is 0 Å². The van der Waals surface area contributed by atoms with Crippen molar-refractivity contribution in [3.63, 3.8) is 0 Å². The zero-order valence-electron chi connectivity index (χ0n) is 11.1. The predicted octanol–water partition coefficient (Wildman–Crippen LogP) is 1.48. The van der Waals surface area contributed by atoms with Crippen molar-refractivity contribution in [3.05, 3.63) is 32.7 Å². The van der Waals surface area contributed by atoms with Gasteiger partial charge < -0.3 is 4.90 Å². The van der Waals surface area contributed by atoms with E-state index in [1.165, 1.54) is 11.1 Å². The maximum absolute atomic E-state index is 12.6. The Morgan fingerprint density at radius 1 is 1.20 bits per heavy atom. The van der Waals surface area contributed by atoms with E-state index in [0.717, 1.165) is 55.8 Å². The smallest absolute Gasteiger partial charge is 0.271 e. The summed E-state index contributed by atoms with van der Waals surface area (Å²) in [6.07, 6.45) is 6.54. The number of carbonyl (C=O) groups is 1. The van der Waals surface area contributed by atoms with Crippen molar-refractivity contribution in [2.75, 3.05) is 13.1 Å². The van der Waals surface area contributed by atoms with Gasteiger partial charge in [0.15, 0.2) is 4.96 Å². The Labute approximate surface area is 119 Å². The Morgan fingerprint density at radius 2 is 2.00 bits per heavy atom. The van der Waals surface area contributed by atoms with Crippen molar-refractivity contribution >= 4 is 22.2 Å². The summed E-state index contributed by atoms with van der Waals surface area (Å²) in [4.78, 5) is 33.1. The number of carbonyl (C=O) groups excluding carboxylic acids is 1. The van der Waals surface area contributed by atoms with Gasteiger partial charge in [-0.3, -0.25) is 14.0 Å². The van der Waals surface area contributed by atoms with Gasteiger partial charge in [-0.25, -0.2) is 4.98 Å². The van der Waals surface area contributed by atoms with Gasteiger partial charge in [-0.05, 0) is 32.1 Å². The summed E-state index contributed by atoms with van der Waals surface area (Å²) in [5, 5.41) is 0. The second-order valence-corrected chi connectivity index (χ2v) is 6.48. The molecule has 0 radical (unpaired) electrons. The number of fused-ring (bicyclic) bond motifs is 3. The molecule has 1 amide bonds. The summed E-state index contributed by atoms with van der Waals surface area (Å²) in [5.74, 6) is -0.160.